The molecule has 0 rings (SSSR count). The SMILES string of the molecule is CCCCCCCCCCCCC(=O)N[C@@H](CO)C(=O)O. The van der Waals surface area contributed by atoms with Crippen LogP contribution in [0.1, 0.15) is 77.6 Å². The van der Waals surface area contributed by atoms with Gasteiger partial charge in [-0.15, -0.1) is 0 Å². The van der Waals surface area contributed by atoms with Gasteiger partial charge in [-0.1, -0.05) is 64.7 Å². The molecule has 0 aliphatic rings. The molecule has 124 valence electrons. The lowest BCUT2D eigenvalue weighted by Crippen LogP contribution is -2.43. The van der Waals surface area contributed by atoms with E-state index in [1.165, 1.54) is 44.9 Å². The van der Waals surface area contributed by atoms with Crippen molar-refractivity contribution in [2.24, 2.45) is 0 Å². The van der Waals surface area contributed by atoms with Gasteiger partial charge in [0.05, 0.1) is 6.61 Å². The maximum Gasteiger partial charge on any atom is 0.328 e. The van der Waals surface area contributed by atoms with Gasteiger partial charge in [0.25, 0.3) is 0 Å². The van der Waals surface area contributed by atoms with E-state index in [0.717, 1.165) is 19.3 Å². The Balaban J connectivity index is 3.38. The second kappa shape index (κ2) is 13.9. The molecule has 0 heterocycles. The van der Waals surface area contributed by atoms with Crippen molar-refractivity contribution in [3.05, 3.63) is 0 Å². The van der Waals surface area contributed by atoms with E-state index in [1.807, 2.05) is 0 Å². The highest BCUT2D eigenvalue weighted by atomic mass is 16.4. The lowest BCUT2D eigenvalue weighted by atomic mass is 10.1. The Labute approximate surface area is 128 Å². The number of amides is 1. The number of carbonyl (C=O) groups excluding carboxylic acids is 1. The van der Waals surface area contributed by atoms with Gasteiger partial charge in [0.15, 0.2) is 0 Å². The quantitative estimate of drug-likeness (QED) is 0.431. The molecular formula is C16H31NO4. The van der Waals surface area contributed by atoms with Crippen molar-refractivity contribution in [3.63, 3.8) is 0 Å². The first-order valence-electron chi connectivity index (χ1n) is 8.24. The minimum atomic E-state index is -1.20. The van der Waals surface area contributed by atoms with Crippen LogP contribution in [0.2, 0.25) is 0 Å². The van der Waals surface area contributed by atoms with Gasteiger partial charge in [-0.2, -0.15) is 0 Å². The number of hydrogen-bond donors (Lipinski definition) is 3. The molecule has 0 aromatic carbocycles. The first-order valence-corrected chi connectivity index (χ1v) is 8.24. The zero-order valence-electron chi connectivity index (χ0n) is 13.3. The molecule has 0 bridgehead atoms. The fourth-order valence-corrected chi connectivity index (χ4v) is 2.22. The largest absolute Gasteiger partial charge is 0.480 e. The number of carboxylic acids is 1. The van der Waals surface area contributed by atoms with Crippen LogP contribution in [0.3, 0.4) is 0 Å². The highest BCUT2D eigenvalue weighted by Crippen LogP contribution is 2.11. The number of carbonyl (C=O) groups is 2. The lowest BCUT2D eigenvalue weighted by Gasteiger charge is -2.11. The summed E-state index contributed by atoms with van der Waals surface area (Å²) in [5, 5.41) is 19.8. The summed E-state index contributed by atoms with van der Waals surface area (Å²) < 4.78 is 0. The molecule has 0 aromatic rings. The third-order valence-corrected chi connectivity index (χ3v) is 3.57. The van der Waals surface area contributed by atoms with Crippen molar-refractivity contribution >= 4 is 11.9 Å². The highest BCUT2D eigenvalue weighted by Gasteiger charge is 2.17. The number of unbranched alkanes of at least 4 members (excludes halogenated alkanes) is 9. The van der Waals surface area contributed by atoms with Crippen molar-refractivity contribution in [3.8, 4) is 0 Å². The fourth-order valence-electron chi connectivity index (χ4n) is 2.22. The van der Waals surface area contributed by atoms with E-state index < -0.39 is 18.6 Å². The van der Waals surface area contributed by atoms with Crippen molar-refractivity contribution in [1.29, 1.82) is 0 Å². The van der Waals surface area contributed by atoms with Crippen molar-refractivity contribution in [2.75, 3.05) is 6.61 Å². The maximum atomic E-state index is 11.5. The number of aliphatic carboxylic acids is 1. The third-order valence-electron chi connectivity index (χ3n) is 3.57. The highest BCUT2D eigenvalue weighted by molar-refractivity contribution is 5.83. The van der Waals surface area contributed by atoms with Crippen LogP contribution in [0.5, 0.6) is 0 Å². The van der Waals surface area contributed by atoms with Crippen LogP contribution in [-0.2, 0) is 9.59 Å². The van der Waals surface area contributed by atoms with Gasteiger partial charge >= 0.3 is 5.97 Å². The molecule has 0 saturated carbocycles. The van der Waals surface area contributed by atoms with Crippen LogP contribution in [0, 0.1) is 0 Å². The number of rotatable bonds is 14. The summed E-state index contributed by atoms with van der Waals surface area (Å²) in [6.07, 6.45) is 12.3. The number of aliphatic hydroxyl groups is 1. The van der Waals surface area contributed by atoms with Gasteiger partial charge < -0.3 is 15.5 Å². The summed E-state index contributed by atoms with van der Waals surface area (Å²) >= 11 is 0. The van der Waals surface area contributed by atoms with Crippen LogP contribution >= 0.6 is 0 Å². The van der Waals surface area contributed by atoms with E-state index in [2.05, 4.69) is 12.2 Å². The van der Waals surface area contributed by atoms with Crippen LogP contribution < -0.4 is 5.32 Å². The first kappa shape index (κ1) is 19.9. The van der Waals surface area contributed by atoms with E-state index in [-0.39, 0.29) is 5.91 Å². The fraction of sp³-hybridized carbons (Fsp3) is 0.875. The number of nitrogens with one attached hydrogen (secondary N) is 1. The average Bonchev–Trinajstić information content (AvgIpc) is 2.46. The minimum Gasteiger partial charge on any atom is -0.480 e. The Morgan fingerprint density at radius 3 is 1.81 bits per heavy atom. The normalized spacial score (nSPS) is 12.1. The van der Waals surface area contributed by atoms with E-state index in [4.69, 9.17) is 10.2 Å². The standard InChI is InChI=1S/C16H31NO4/c1-2-3-4-5-6-7-8-9-10-11-12-15(19)17-14(13-18)16(20)21/h14,18H,2-13H2,1H3,(H,17,19)(H,20,21)/t14-/m0/s1. The van der Waals surface area contributed by atoms with Crippen LogP contribution in [0.15, 0.2) is 0 Å². The second-order valence-electron chi connectivity index (χ2n) is 5.57. The summed E-state index contributed by atoms with van der Waals surface area (Å²) in [4.78, 5) is 22.1. The summed E-state index contributed by atoms with van der Waals surface area (Å²) in [6, 6.07) is -1.18. The smallest absolute Gasteiger partial charge is 0.328 e. The molecule has 5 heteroatoms. The van der Waals surface area contributed by atoms with Crippen LogP contribution in [0.25, 0.3) is 0 Å². The summed E-state index contributed by atoms with van der Waals surface area (Å²) in [5.74, 6) is -1.50. The Morgan fingerprint density at radius 1 is 0.905 bits per heavy atom. The molecule has 0 saturated heterocycles. The predicted molar refractivity (Wildman–Crippen MR) is 83.1 cm³/mol. The molecule has 0 aliphatic heterocycles. The molecule has 0 spiro atoms. The van der Waals surface area contributed by atoms with E-state index >= 15 is 0 Å². The average molecular weight is 301 g/mol. The molecule has 21 heavy (non-hydrogen) atoms. The Morgan fingerprint density at radius 2 is 1.38 bits per heavy atom. The number of hydrogen-bond acceptors (Lipinski definition) is 3. The summed E-state index contributed by atoms with van der Waals surface area (Å²) in [5.41, 5.74) is 0. The lowest BCUT2D eigenvalue weighted by molar-refractivity contribution is -0.142. The molecular weight excluding hydrogens is 270 g/mol. The van der Waals surface area contributed by atoms with E-state index in [0.29, 0.717) is 6.42 Å². The maximum absolute atomic E-state index is 11.5. The molecule has 0 fully saturated rings. The van der Waals surface area contributed by atoms with Gasteiger partial charge in [0.1, 0.15) is 6.04 Å². The second-order valence-corrected chi connectivity index (χ2v) is 5.57. The van der Waals surface area contributed by atoms with Gasteiger partial charge in [0, 0.05) is 6.42 Å². The van der Waals surface area contributed by atoms with Gasteiger partial charge in [-0.25, -0.2) is 4.79 Å². The molecule has 5 nitrogen and oxygen atoms in total. The van der Waals surface area contributed by atoms with E-state index in [1.54, 1.807) is 0 Å². The van der Waals surface area contributed by atoms with Gasteiger partial charge in [0.2, 0.25) is 5.91 Å². The Hall–Kier alpha value is -1.10. The first-order chi connectivity index (χ1) is 10.1. The van der Waals surface area contributed by atoms with Gasteiger partial charge in [-0.05, 0) is 6.42 Å². The molecule has 0 radical (unpaired) electrons. The van der Waals surface area contributed by atoms with Crippen LogP contribution in [0.4, 0.5) is 0 Å². The Bertz CT molecular complexity index is 281. The monoisotopic (exact) mass is 301 g/mol. The number of carboxylic acid groups (broad SMARTS) is 1. The molecule has 3 N–H and O–H groups in total. The van der Waals surface area contributed by atoms with Gasteiger partial charge in [-0.3, -0.25) is 4.79 Å². The number of aliphatic hydroxyl groups excluding tert-OH is 1. The predicted octanol–water partition coefficient (Wildman–Crippen LogP) is 2.86. The molecule has 0 aromatic heterocycles. The molecule has 0 aliphatic carbocycles. The minimum absolute atomic E-state index is 0.295. The summed E-state index contributed by atoms with van der Waals surface area (Å²) in [7, 11) is 0. The third kappa shape index (κ3) is 12.4. The Kier molecular flexibility index (Phi) is 13.1. The molecule has 0 unspecified atom stereocenters. The van der Waals surface area contributed by atoms with Crippen molar-refractivity contribution < 1.29 is 19.8 Å². The zero-order chi connectivity index (χ0) is 15.9. The van der Waals surface area contributed by atoms with Crippen molar-refractivity contribution in [2.45, 2.75) is 83.6 Å². The molecule has 1 atom stereocenters. The van der Waals surface area contributed by atoms with E-state index in [9.17, 15) is 9.59 Å². The topological polar surface area (TPSA) is 86.6 Å². The van der Waals surface area contributed by atoms with Crippen LogP contribution in [-0.4, -0.2) is 34.7 Å². The van der Waals surface area contributed by atoms with Crippen molar-refractivity contribution in [1.82, 2.24) is 5.32 Å². The molecule has 1 amide bonds. The summed E-state index contributed by atoms with van der Waals surface area (Å²) in [6.45, 7) is 1.65. The zero-order valence-corrected chi connectivity index (χ0v) is 13.3.